The van der Waals surface area contributed by atoms with Gasteiger partial charge in [0.15, 0.2) is 17.2 Å². The molecule has 0 aliphatic rings. The maximum atomic E-state index is 13.5. The van der Waals surface area contributed by atoms with Gasteiger partial charge in [0.2, 0.25) is 5.95 Å². The van der Waals surface area contributed by atoms with Crippen LogP contribution in [0.1, 0.15) is 15.2 Å². The van der Waals surface area contributed by atoms with Gasteiger partial charge in [0.25, 0.3) is 5.91 Å². The van der Waals surface area contributed by atoms with Gasteiger partial charge in [0.1, 0.15) is 0 Å². The van der Waals surface area contributed by atoms with Gasteiger partial charge in [0, 0.05) is 18.3 Å². The zero-order chi connectivity index (χ0) is 19.7. The quantitative estimate of drug-likeness (QED) is 0.540. The van der Waals surface area contributed by atoms with Crippen LogP contribution in [0, 0.1) is 5.82 Å². The van der Waals surface area contributed by atoms with Crippen LogP contribution in [0.15, 0.2) is 48.0 Å². The maximum Gasteiger partial charge on any atom is 0.261 e. The molecule has 0 saturated carbocycles. The number of anilines is 1. The molecule has 3 aromatic heterocycles. The Kier molecular flexibility index (Phi) is 4.66. The standard InChI is InChI=1S/C19H16FN5O2S/c1-27-15-6-11(2-4-14(15)20)8-22-18(26)16-7-13(10-28-16)12-3-5-17-23-19(21)24-25(17)9-12/h2-7,9-10H,8H2,1H3,(H2,21,24)(H,22,26). The number of halogens is 1. The number of aromatic nitrogens is 3. The fourth-order valence-electron chi connectivity index (χ4n) is 2.76. The van der Waals surface area contributed by atoms with Gasteiger partial charge >= 0.3 is 0 Å². The number of methoxy groups -OCH3 is 1. The fourth-order valence-corrected chi connectivity index (χ4v) is 3.59. The minimum atomic E-state index is -0.438. The molecule has 3 heterocycles. The summed E-state index contributed by atoms with van der Waals surface area (Å²) < 4.78 is 20.0. The SMILES string of the molecule is COc1cc(CNC(=O)c2cc(-c3ccc4nc(N)nn4c3)cs2)ccc1F. The second-order valence-corrected chi connectivity index (χ2v) is 6.95. The summed E-state index contributed by atoms with van der Waals surface area (Å²) in [6.07, 6.45) is 1.81. The topological polar surface area (TPSA) is 94.5 Å². The molecule has 0 bridgehead atoms. The fraction of sp³-hybridized carbons (Fsp3) is 0.105. The van der Waals surface area contributed by atoms with Crippen molar-refractivity contribution in [2.75, 3.05) is 12.8 Å². The first-order chi connectivity index (χ1) is 13.5. The van der Waals surface area contributed by atoms with E-state index in [2.05, 4.69) is 15.4 Å². The molecule has 7 nitrogen and oxygen atoms in total. The predicted octanol–water partition coefficient (Wildman–Crippen LogP) is 3.12. The molecule has 4 aromatic rings. The van der Waals surface area contributed by atoms with E-state index in [0.717, 1.165) is 16.7 Å². The van der Waals surface area contributed by atoms with Gasteiger partial charge < -0.3 is 15.8 Å². The van der Waals surface area contributed by atoms with Crippen LogP contribution >= 0.6 is 11.3 Å². The Hall–Kier alpha value is -3.46. The van der Waals surface area contributed by atoms with Crippen molar-refractivity contribution in [2.45, 2.75) is 6.54 Å². The van der Waals surface area contributed by atoms with Crippen LogP contribution in [-0.2, 0) is 6.54 Å². The maximum absolute atomic E-state index is 13.5. The van der Waals surface area contributed by atoms with Crippen LogP contribution in [0.2, 0.25) is 0 Å². The Morgan fingerprint density at radius 3 is 2.96 bits per heavy atom. The van der Waals surface area contributed by atoms with Gasteiger partial charge in [-0.3, -0.25) is 4.79 Å². The van der Waals surface area contributed by atoms with Gasteiger partial charge in [-0.1, -0.05) is 6.07 Å². The lowest BCUT2D eigenvalue weighted by atomic mass is 10.1. The van der Waals surface area contributed by atoms with Gasteiger partial charge in [-0.2, -0.15) is 4.98 Å². The van der Waals surface area contributed by atoms with Gasteiger partial charge in [-0.15, -0.1) is 16.4 Å². The van der Waals surface area contributed by atoms with Crippen LogP contribution in [0.5, 0.6) is 5.75 Å². The number of ether oxygens (including phenoxy) is 1. The Labute approximate surface area is 163 Å². The number of amides is 1. The number of nitrogens with two attached hydrogens (primary N) is 1. The average molecular weight is 397 g/mol. The van der Waals surface area contributed by atoms with Crippen LogP contribution in [0.3, 0.4) is 0 Å². The lowest BCUT2D eigenvalue weighted by molar-refractivity contribution is 0.0955. The third kappa shape index (κ3) is 3.52. The first kappa shape index (κ1) is 17.9. The van der Waals surface area contributed by atoms with Crippen LogP contribution in [0.25, 0.3) is 16.8 Å². The van der Waals surface area contributed by atoms with Crippen LogP contribution in [0.4, 0.5) is 10.3 Å². The number of pyridine rings is 1. The molecule has 1 amide bonds. The number of fused-ring (bicyclic) bond motifs is 1. The Morgan fingerprint density at radius 2 is 2.14 bits per heavy atom. The number of nitrogen functional groups attached to an aromatic ring is 1. The molecule has 142 valence electrons. The number of nitrogens with zero attached hydrogens (tertiary/aromatic N) is 3. The molecule has 0 fully saturated rings. The monoisotopic (exact) mass is 397 g/mol. The second-order valence-electron chi connectivity index (χ2n) is 6.04. The normalized spacial score (nSPS) is 10.9. The lowest BCUT2D eigenvalue weighted by Gasteiger charge is -2.07. The highest BCUT2D eigenvalue weighted by Gasteiger charge is 2.12. The number of carbonyl (C=O) groups is 1. The minimum Gasteiger partial charge on any atom is -0.494 e. The summed E-state index contributed by atoms with van der Waals surface area (Å²) in [5.74, 6) is -0.286. The summed E-state index contributed by atoms with van der Waals surface area (Å²) in [6, 6.07) is 10.0. The smallest absolute Gasteiger partial charge is 0.261 e. The minimum absolute atomic E-state index is 0.147. The average Bonchev–Trinajstić information content (AvgIpc) is 3.32. The molecule has 28 heavy (non-hydrogen) atoms. The highest BCUT2D eigenvalue weighted by molar-refractivity contribution is 7.12. The Balaban J connectivity index is 1.47. The number of nitrogens with one attached hydrogen (secondary N) is 1. The van der Waals surface area contributed by atoms with Crippen molar-refractivity contribution in [1.29, 1.82) is 0 Å². The van der Waals surface area contributed by atoms with E-state index in [-0.39, 0.29) is 24.1 Å². The number of thiophene rings is 1. The van der Waals surface area contributed by atoms with Crippen molar-refractivity contribution >= 4 is 28.8 Å². The van der Waals surface area contributed by atoms with E-state index in [1.807, 2.05) is 29.8 Å². The largest absolute Gasteiger partial charge is 0.494 e. The van der Waals surface area contributed by atoms with Gasteiger partial charge in [-0.25, -0.2) is 8.91 Å². The van der Waals surface area contributed by atoms with Crippen LogP contribution < -0.4 is 15.8 Å². The molecule has 3 N–H and O–H groups in total. The number of hydrogen-bond acceptors (Lipinski definition) is 6. The van der Waals surface area contributed by atoms with Crippen molar-refractivity contribution in [3.05, 3.63) is 64.2 Å². The van der Waals surface area contributed by atoms with Gasteiger partial charge in [0.05, 0.1) is 12.0 Å². The molecule has 0 atom stereocenters. The van der Waals surface area contributed by atoms with Crippen molar-refractivity contribution in [3.63, 3.8) is 0 Å². The number of hydrogen-bond donors (Lipinski definition) is 2. The molecule has 1 aromatic carbocycles. The molecule has 0 unspecified atom stereocenters. The highest BCUT2D eigenvalue weighted by atomic mass is 32.1. The summed E-state index contributed by atoms with van der Waals surface area (Å²) in [6.45, 7) is 0.271. The number of benzene rings is 1. The van der Waals surface area contributed by atoms with E-state index < -0.39 is 5.82 Å². The summed E-state index contributed by atoms with van der Waals surface area (Å²) in [5, 5.41) is 8.83. The number of rotatable bonds is 5. The summed E-state index contributed by atoms with van der Waals surface area (Å²) in [4.78, 5) is 17.1. The molecule has 0 radical (unpaired) electrons. The lowest BCUT2D eigenvalue weighted by Crippen LogP contribution is -2.21. The summed E-state index contributed by atoms with van der Waals surface area (Å²) in [7, 11) is 1.40. The second kappa shape index (κ2) is 7.28. The summed E-state index contributed by atoms with van der Waals surface area (Å²) >= 11 is 1.34. The molecular weight excluding hydrogens is 381 g/mol. The molecular formula is C19H16FN5O2S. The van der Waals surface area contributed by atoms with E-state index in [4.69, 9.17) is 10.5 Å². The van der Waals surface area contributed by atoms with E-state index in [9.17, 15) is 9.18 Å². The highest BCUT2D eigenvalue weighted by Crippen LogP contribution is 2.26. The molecule has 0 aliphatic carbocycles. The van der Waals surface area contributed by atoms with E-state index in [1.54, 1.807) is 16.6 Å². The van der Waals surface area contributed by atoms with Crippen molar-refractivity contribution in [2.24, 2.45) is 0 Å². The zero-order valence-corrected chi connectivity index (χ0v) is 15.7. The van der Waals surface area contributed by atoms with Gasteiger partial charge in [-0.05, 0) is 46.8 Å². The third-order valence-electron chi connectivity index (χ3n) is 4.17. The van der Waals surface area contributed by atoms with E-state index in [0.29, 0.717) is 10.5 Å². The van der Waals surface area contributed by atoms with Crippen molar-refractivity contribution in [1.82, 2.24) is 19.9 Å². The molecule has 0 saturated heterocycles. The third-order valence-corrected chi connectivity index (χ3v) is 5.10. The van der Waals surface area contributed by atoms with E-state index in [1.165, 1.54) is 24.5 Å². The van der Waals surface area contributed by atoms with Crippen LogP contribution in [-0.4, -0.2) is 27.6 Å². The van der Waals surface area contributed by atoms with E-state index >= 15 is 0 Å². The predicted molar refractivity (Wildman–Crippen MR) is 105 cm³/mol. The Morgan fingerprint density at radius 1 is 1.29 bits per heavy atom. The molecule has 4 rings (SSSR count). The first-order valence-electron chi connectivity index (χ1n) is 8.35. The van der Waals surface area contributed by atoms with Crippen molar-refractivity contribution < 1.29 is 13.9 Å². The molecule has 0 aliphatic heterocycles. The molecule has 9 heteroatoms. The number of carbonyl (C=O) groups excluding carboxylic acids is 1. The summed E-state index contributed by atoms with van der Waals surface area (Å²) in [5.41, 5.74) is 8.81. The van der Waals surface area contributed by atoms with Crippen molar-refractivity contribution in [3.8, 4) is 16.9 Å². The Bertz CT molecular complexity index is 1170. The first-order valence-corrected chi connectivity index (χ1v) is 9.23. The zero-order valence-electron chi connectivity index (χ0n) is 14.8. The molecule has 0 spiro atoms.